The van der Waals surface area contributed by atoms with Crippen LogP contribution < -0.4 is 5.32 Å². The zero-order chi connectivity index (χ0) is 16.1. The molecule has 6 heteroatoms. The Morgan fingerprint density at radius 2 is 2.18 bits per heavy atom. The van der Waals surface area contributed by atoms with E-state index in [4.69, 9.17) is 4.74 Å². The fourth-order valence-corrected chi connectivity index (χ4v) is 3.55. The molecule has 126 valence electrons. The van der Waals surface area contributed by atoms with Crippen molar-refractivity contribution in [3.05, 3.63) is 0 Å². The average molecular weight is 312 g/mol. The number of aliphatic hydroxyl groups is 1. The van der Waals surface area contributed by atoms with Crippen molar-refractivity contribution in [3.8, 4) is 0 Å². The number of unbranched alkanes of at least 4 members (excludes halogenated alkanes) is 2. The van der Waals surface area contributed by atoms with Crippen molar-refractivity contribution in [3.63, 3.8) is 0 Å². The maximum Gasteiger partial charge on any atom is 0.318 e. The number of ether oxygens (including phenoxy) is 1. The number of rotatable bonds is 8. The number of amides is 2. The molecular formula is C16H28N2O4. The standard InChI is InChI=1S/C16H28N2O4/c1-3-4-5-6-13(22-11(2)19)7-8-18-15-10-12(20)9-14(15)17-16(18)21/h12-15,20H,3-10H2,1-2H3,(H,17,21)/t12-,13?,14?,15?/m0/s1. The van der Waals surface area contributed by atoms with Gasteiger partial charge < -0.3 is 20.1 Å². The Labute approximate surface area is 132 Å². The van der Waals surface area contributed by atoms with E-state index in [1.165, 1.54) is 6.92 Å². The van der Waals surface area contributed by atoms with Gasteiger partial charge in [0, 0.05) is 19.9 Å². The van der Waals surface area contributed by atoms with Crippen molar-refractivity contribution in [2.75, 3.05) is 6.54 Å². The molecule has 3 unspecified atom stereocenters. The van der Waals surface area contributed by atoms with Crippen molar-refractivity contribution in [2.24, 2.45) is 0 Å². The Morgan fingerprint density at radius 3 is 2.86 bits per heavy atom. The lowest BCUT2D eigenvalue weighted by atomic mass is 10.1. The van der Waals surface area contributed by atoms with Gasteiger partial charge in [-0.1, -0.05) is 19.8 Å². The lowest BCUT2D eigenvalue weighted by Gasteiger charge is -2.25. The van der Waals surface area contributed by atoms with Crippen LogP contribution in [0.3, 0.4) is 0 Å². The highest BCUT2D eigenvalue weighted by molar-refractivity contribution is 5.78. The summed E-state index contributed by atoms with van der Waals surface area (Å²) >= 11 is 0. The van der Waals surface area contributed by atoms with E-state index < -0.39 is 0 Å². The van der Waals surface area contributed by atoms with Gasteiger partial charge >= 0.3 is 12.0 Å². The van der Waals surface area contributed by atoms with Gasteiger partial charge in [0.05, 0.1) is 18.2 Å². The number of hydrogen-bond acceptors (Lipinski definition) is 4. The Balaban J connectivity index is 1.84. The summed E-state index contributed by atoms with van der Waals surface area (Å²) in [5.41, 5.74) is 0. The first kappa shape index (κ1) is 17.1. The van der Waals surface area contributed by atoms with E-state index in [9.17, 15) is 14.7 Å². The Morgan fingerprint density at radius 1 is 1.41 bits per heavy atom. The topological polar surface area (TPSA) is 78.9 Å². The molecule has 2 aliphatic rings. The van der Waals surface area contributed by atoms with Crippen LogP contribution in [-0.4, -0.2) is 52.8 Å². The molecule has 0 radical (unpaired) electrons. The number of carbonyl (C=O) groups excluding carboxylic acids is 2. The lowest BCUT2D eigenvalue weighted by Crippen LogP contribution is -2.37. The summed E-state index contributed by atoms with van der Waals surface area (Å²) in [6, 6.07) is 0.0860. The van der Waals surface area contributed by atoms with Crippen molar-refractivity contribution in [1.82, 2.24) is 10.2 Å². The number of hydrogen-bond donors (Lipinski definition) is 2. The van der Waals surface area contributed by atoms with E-state index in [0.717, 1.165) is 25.7 Å². The normalized spacial score (nSPS) is 28.4. The average Bonchev–Trinajstić information content (AvgIpc) is 2.91. The second-order valence-electron chi connectivity index (χ2n) is 6.46. The predicted molar refractivity (Wildman–Crippen MR) is 82.4 cm³/mol. The molecule has 0 aromatic heterocycles. The first-order valence-electron chi connectivity index (χ1n) is 8.43. The van der Waals surface area contributed by atoms with Crippen LogP contribution in [0, 0.1) is 0 Å². The third-order valence-corrected chi connectivity index (χ3v) is 4.63. The molecule has 2 N–H and O–H groups in total. The molecule has 1 saturated heterocycles. The summed E-state index contributed by atoms with van der Waals surface area (Å²) < 4.78 is 5.38. The zero-order valence-corrected chi connectivity index (χ0v) is 13.6. The molecule has 0 aromatic rings. The van der Waals surface area contributed by atoms with E-state index in [1.54, 1.807) is 4.90 Å². The molecule has 0 bridgehead atoms. The zero-order valence-electron chi connectivity index (χ0n) is 13.6. The molecule has 1 aliphatic carbocycles. The lowest BCUT2D eigenvalue weighted by molar-refractivity contribution is -0.147. The summed E-state index contributed by atoms with van der Waals surface area (Å²) in [5, 5.41) is 12.7. The van der Waals surface area contributed by atoms with Crippen LogP contribution in [0.2, 0.25) is 0 Å². The molecule has 1 aliphatic heterocycles. The van der Waals surface area contributed by atoms with Crippen LogP contribution in [0.5, 0.6) is 0 Å². The summed E-state index contributed by atoms with van der Waals surface area (Å²) in [5.74, 6) is -0.262. The number of nitrogens with zero attached hydrogens (tertiary/aromatic N) is 1. The molecule has 22 heavy (non-hydrogen) atoms. The molecular weight excluding hydrogens is 284 g/mol. The Kier molecular flexibility index (Phi) is 6.06. The monoisotopic (exact) mass is 312 g/mol. The molecule has 2 fully saturated rings. The smallest absolute Gasteiger partial charge is 0.318 e. The van der Waals surface area contributed by atoms with E-state index in [0.29, 0.717) is 25.8 Å². The fraction of sp³-hybridized carbons (Fsp3) is 0.875. The van der Waals surface area contributed by atoms with Crippen LogP contribution >= 0.6 is 0 Å². The molecule has 0 spiro atoms. The number of aliphatic hydroxyl groups excluding tert-OH is 1. The summed E-state index contributed by atoms with van der Waals surface area (Å²) in [6.45, 7) is 4.14. The Bertz CT molecular complexity index is 402. The van der Waals surface area contributed by atoms with Gasteiger partial charge in [-0.05, 0) is 25.7 Å². The van der Waals surface area contributed by atoms with Crippen LogP contribution in [0.15, 0.2) is 0 Å². The number of carbonyl (C=O) groups is 2. The van der Waals surface area contributed by atoms with Crippen molar-refractivity contribution in [1.29, 1.82) is 0 Å². The maximum absolute atomic E-state index is 12.0. The van der Waals surface area contributed by atoms with E-state index >= 15 is 0 Å². The first-order chi connectivity index (χ1) is 10.5. The number of fused-ring (bicyclic) bond motifs is 1. The highest BCUT2D eigenvalue weighted by Crippen LogP contribution is 2.30. The van der Waals surface area contributed by atoms with Crippen LogP contribution in [0.1, 0.15) is 58.8 Å². The molecule has 6 nitrogen and oxygen atoms in total. The van der Waals surface area contributed by atoms with Gasteiger partial charge in [0.25, 0.3) is 0 Å². The second kappa shape index (κ2) is 7.81. The molecule has 1 saturated carbocycles. The van der Waals surface area contributed by atoms with Gasteiger partial charge in [-0.25, -0.2) is 4.79 Å². The fourth-order valence-electron chi connectivity index (χ4n) is 3.55. The largest absolute Gasteiger partial charge is 0.462 e. The van der Waals surface area contributed by atoms with E-state index in [-0.39, 0.29) is 36.3 Å². The van der Waals surface area contributed by atoms with E-state index in [2.05, 4.69) is 12.2 Å². The highest BCUT2D eigenvalue weighted by Gasteiger charge is 2.45. The highest BCUT2D eigenvalue weighted by atomic mass is 16.5. The van der Waals surface area contributed by atoms with Gasteiger partial charge in [0.2, 0.25) is 0 Å². The van der Waals surface area contributed by atoms with Gasteiger partial charge in [-0.3, -0.25) is 4.79 Å². The minimum absolute atomic E-state index is 0.0583. The number of esters is 1. The quantitative estimate of drug-likeness (QED) is 0.529. The maximum atomic E-state index is 12.0. The predicted octanol–water partition coefficient (Wildman–Crippen LogP) is 1.81. The molecule has 2 rings (SSSR count). The molecule has 0 aromatic carbocycles. The van der Waals surface area contributed by atoms with Gasteiger partial charge in [0.15, 0.2) is 0 Å². The first-order valence-corrected chi connectivity index (χ1v) is 8.43. The molecule has 2 amide bonds. The third kappa shape index (κ3) is 4.35. The van der Waals surface area contributed by atoms with Crippen molar-refractivity contribution in [2.45, 2.75) is 83.1 Å². The summed E-state index contributed by atoms with van der Waals surface area (Å²) in [7, 11) is 0. The van der Waals surface area contributed by atoms with Crippen LogP contribution in [0.4, 0.5) is 4.79 Å². The minimum atomic E-state index is -0.327. The van der Waals surface area contributed by atoms with Crippen LogP contribution in [0.25, 0.3) is 0 Å². The van der Waals surface area contributed by atoms with Crippen LogP contribution in [-0.2, 0) is 9.53 Å². The Hall–Kier alpha value is -1.30. The molecule has 1 heterocycles. The van der Waals surface area contributed by atoms with Gasteiger partial charge in [-0.2, -0.15) is 0 Å². The van der Waals surface area contributed by atoms with Gasteiger partial charge in [0.1, 0.15) is 6.10 Å². The third-order valence-electron chi connectivity index (χ3n) is 4.63. The molecule has 4 atom stereocenters. The van der Waals surface area contributed by atoms with Crippen molar-refractivity contribution < 1.29 is 19.4 Å². The summed E-state index contributed by atoms with van der Waals surface area (Å²) in [4.78, 5) is 25.0. The minimum Gasteiger partial charge on any atom is -0.462 e. The SMILES string of the molecule is CCCCCC(CCN1C(=O)NC2C[C@H](O)CC21)OC(C)=O. The number of nitrogens with one attached hydrogen (secondary N) is 1. The van der Waals surface area contributed by atoms with Gasteiger partial charge in [-0.15, -0.1) is 0 Å². The summed E-state index contributed by atoms with van der Waals surface area (Å²) in [6.07, 6.45) is 5.62. The van der Waals surface area contributed by atoms with E-state index in [1.807, 2.05) is 0 Å². The second-order valence-corrected chi connectivity index (χ2v) is 6.46. The van der Waals surface area contributed by atoms with Crippen molar-refractivity contribution >= 4 is 12.0 Å². The number of urea groups is 1.